The molecule has 3 nitrogen and oxygen atoms in total. The average Bonchev–Trinajstić information content (AvgIpc) is 2.39. The monoisotopic (exact) mass is 261 g/mol. The molecule has 19 heavy (non-hydrogen) atoms. The molecule has 0 aliphatic rings. The van der Waals surface area contributed by atoms with Gasteiger partial charge in [-0.3, -0.25) is 4.79 Å². The highest BCUT2D eigenvalue weighted by molar-refractivity contribution is 5.97. The number of hydrogen-bond donors (Lipinski definition) is 1. The highest BCUT2D eigenvalue weighted by atomic mass is 16.5. The Balaban J connectivity index is 0.000000742. The van der Waals surface area contributed by atoms with Crippen LogP contribution in [-0.4, -0.2) is 12.9 Å². The summed E-state index contributed by atoms with van der Waals surface area (Å²) in [4.78, 5) is 10.2. The van der Waals surface area contributed by atoms with E-state index >= 15 is 0 Å². The fourth-order valence-corrected chi connectivity index (χ4v) is 1.54. The predicted molar refractivity (Wildman–Crippen MR) is 82.6 cm³/mol. The molecule has 0 saturated heterocycles. The van der Waals surface area contributed by atoms with Gasteiger partial charge in [-0.1, -0.05) is 52.0 Å². The summed E-state index contributed by atoms with van der Waals surface area (Å²) in [7, 11) is 0. The summed E-state index contributed by atoms with van der Waals surface area (Å²) in [6.45, 7) is 4.31. The van der Waals surface area contributed by atoms with E-state index in [2.05, 4.69) is 13.8 Å². The van der Waals surface area contributed by atoms with E-state index in [1.165, 1.54) is 6.42 Å². The average molecular weight is 261 g/mol. The standard InChI is InChI=1S/C12H11NO2.C3H8.CH4/c13-11-5-6-12(15-8-7-14)10-4-2-1-3-9(10)11;1-3-2;/h1-7H,8,13H2;3H2,1-2H3;1H4. The molecular formula is C16H23NO2. The lowest BCUT2D eigenvalue weighted by Gasteiger charge is -2.08. The molecular weight excluding hydrogens is 238 g/mol. The second kappa shape index (κ2) is 8.97. The van der Waals surface area contributed by atoms with E-state index in [1.807, 2.05) is 24.3 Å². The Morgan fingerprint density at radius 1 is 1.11 bits per heavy atom. The maximum atomic E-state index is 10.2. The molecule has 0 unspecified atom stereocenters. The number of ether oxygens (including phenoxy) is 1. The molecule has 0 bridgehead atoms. The van der Waals surface area contributed by atoms with Gasteiger partial charge >= 0.3 is 0 Å². The molecule has 0 aromatic heterocycles. The van der Waals surface area contributed by atoms with Crippen LogP contribution in [0.1, 0.15) is 27.7 Å². The number of aldehydes is 1. The zero-order chi connectivity index (χ0) is 13.4. The smallest absolute Gasteiger partial charge is 0.157 e. The van der Waals surface area contributed by atoms with E-state index in [0.717, 1.165) is 17.1 Å². The van der Waals surface area contributed by atoms with Crippen LogP contribution in [0.15, 0.2) is 36.4 Å². The fourth-order valence-electron chi connectivity index (χ4n) is 1.54. The van der Waals surface area contributed by atoms with Crippen molar-refractivity contribution in [2.24, 2.45) is 0 Å². The highest BCUT2D eigenvalue weighted by Crippen LogP contribution is 2.29. The summed E-state index contributed by atoms with van der Waals surface area (Å²) in [6, 6.07) is 11.2. The Morgan fingerprint density at radius 2 is 1.68 bits per heavy atom. The molecule has 2 aromatic rings. The summed E-state index contributed by atoms with van der Waals surface area (Å²) in [5.74, 6) is 0.687. The molecule has 0 aliphatic carbocycles. The van der Waals surface area contributed by atoms with Crippen molar-refractivity contribution in [3.63, 3.8) is 0 Å². The van der Waals surface area contributed by atoms with Crippen molar-refractivity contribution in [1.82, 2.24) is 0 Å². The van der Waals surface area contributed by atoms with Crippen LogP contribution in [0.2, 0.25) is 0 Å². The van der Waals surface area contributed by atoms with Gasteiger partial charge in [0.25, 0.3) is 0 Å². The number of fused-ring (bicyclic) bond motifs is 1. The molecule has 0 atom stereocenters. The minimum atomic E-state index is 0. The van der Waals surface area contributed by atoms with Gasteiger partial charge < -0.3 is 10.5 Å². The third kappa shape index (κ3) is 4.62. The first-order valence-electron chi connectivity index (χ1n) is 6.08. The fraction of sp³-hybridized carbons (Fsp3) is 0.312. The van der Waals surface area contributed by atoms with Crippen LogP contribution in [0.3, 0.4) is 0 Å². The van der Waals surface area contributed by atoms with Gasteiger partial charge in [0.15, 0.2) is 6.29 Å². The van der Waals surface area contributed by atoms with Crippen LogP contribution in [-0.2, 0) is 4.79 Å². The van der Waals surface area contributed by atoms with Gasteiger partial charge in [-0.2, -0.15) is 0 Å². The lowest BCUT2D eigenvalue weighted by molar-refractivity contribution is -0.109. The van der Waals surface area contributed by atoms with Crippen molar-refractivity contribution in [1.29, 1.82) is 0 Å². The van der Waals surface area contributed by atoms with Crippen LogP contribution < -0.4 is 10.5 Å². The Kier molecular flexibility index (Phi) is 8.02. The van der Waals surface area contributed by atoms with Crippen LogP contribution in [0.5, 0.6) is 5.75 Å². The maximum absolute atomic E-state index is 10.2. The normalized spacial score (nSPS) is 8.95. The Hall–Kier alpha value is -2.03. The Labute approximate surface area is 115 Å². The molecule has 3 heteroatoms. The van der Waals surface area contributed by atoms with Crippen LogP contribution in [0, 0.1) is 0 Å². The Bertz CT molecular complexity index is 509. The number of benzene rings is 2. The van der Waals surface area contributed by atoms with E-state index < -0.39 is 0 Å². The second-order valence-corrected chi connectivity index (χ2v) is 3.88. The lowest BCUT2D eigenvalue weighted by atomic mass is 10.1. The summed E-state index contributed by atoms with van der Waals surface area (Å²) in [5, 5.41) is 1.88. The maximum Gasteiger partial charge on any atom is 0.157 e. The van der Waals surface area contributed by atoms with Gasteiger partial charge in [-0.25, -0.2) is 0 Å². The summed E-state index contributed by atoms with van der Waals surface area (Å²) in [5.41, 5.74) is 6.54. The first-order valence-corrected chi connectivity index (χ1v) is 6.08. The largest absolute Gasteiger partial charge is 0.485 e. The molecule has 2 rings (SSSR count). The highest BCUT2D eigenvalue weighted by Gasteiger charge is 2.03. The van der Waals surface area contributed by atoms with E-state index in [-0.39, 0.29) is 14.0 Å². The molecule has 0 amide bonds. The van der Waals surface area contributed by atoms with Crippen molar-refractivity contribution < 1.29 is 9.53 Å². The van der Waals surface area contributed by atoms with Crippen molar-refractivity contribution in [3.05, 3.63) is 36.4 Å². The number of nitrogens with two attached hydrogens (primary N) is 1. The molecule has 104 valence electrons. The zero-order valence-corrected chi connectivity index (χ0v) is 10.8. The van der Waals surface area contributed by atoms with Gasteiger partial charge in [0, 0.05) is 16.5 Å². The minimum absolute atomic E-state index is 0. The van der Waals surface area contributed by atoms with Gasteiger partial charge in [0.2, 0.25) is 0 Å². The summed E-state index contributed by atoms with van der Waals surface area (Å²) < 4.78 is 5.30. The van der Waals surface area contributed by atoms with E-state index in [0.29, 0.717) is 11.4 Å². The molecule has 0 saturated carbocycles. The predicted octanol–water partition coefficient (Wildman–Crippen LogP) is 4.05. The van der Waals surface area contributed by atoms with Crippen molar-refractivity contribution in [2.45, 2.75) is 27.7 Å². The van der Waals surface area contributed by atoms with Gasteiger partial charge in [-0.15, -0.1) is 0 Å². The molecule has 2 aromatic carbocycles. The molecule has 0 aliphatic heterocycles. The number of carbonyl (C=O) groups excluding carboxylic acids is 1. The number of hydrogen-bond acceptors (Lipinski definition) is 3. The third-order valence-corrected chi connectivity index (χ3v) is 2.22. The minimum Gasteiger partial charge on any atom is -0.485 e. The second-order valence-electron chi connectivity index (χ2n) is 3.88. The van der Waals surface area contributed by atoms with E-state index in [1.54, 1.807) is 12.1 Å². The number of rotatable bonds is 3. The van der Waals surface area contributed by atoms with Crippen molar-refractivity contribution in [3.8, 4) is 5.75 Å². The van der Waals surface area contributed by atoms with Gasteiger partial charge in [-0.05, 0) is 12.1 Å². The summed E-state index contributed by atoms with van der Waals surface area (Å²) >= 11 is 0. The van der Waals surface area contributed by atoms with Crippen molar-refractivity contribution in [2.75, 3.05) is 12.3 Å². The zero-order valence-electron chi connectivity index (χ0n) is 10.8. The van der Waals surface area contributed by atoms with E-state index in [4.69, 9.17) is 10.5 Å². The molecule has 0 heterocycles. The van der Waals surface area contributed by atoms with Crippen molar-refractivity contribution >= 4 is 22.7 Å². The SMILES string of the molecule is C.CCC.Nc1ccc(OCC=O)c2ccccc12. The first-order chi connectivity index (χ1) is 8.74. The molecule has 0 fully saturated rings. The Morgan fingerprint density at radius 3 is 2.26 bits per heavy atom. The number of carbonyl (C=O) groups is 1. The number of nitrogen functional groups attached to an aromatic ring is 1. The molecule has 2 N–H and O–H groups in total. The topological polar surface area (TPSA) is 52.3 Å². The lowest BCUT2D eigenvalue weighted by Crippen LogP contribution is -1.99. The van der Waals surface area contributed by atoms with Crippen LogP contribution in [0.25, 0.3) is 10.8 Å². The van der Waals surface area contributed by atoms with Gasteiger partial charge in [0.05, 0.1) is 0 Å². The van der Waals surface area contributed by atoms with Gasteiger partial charge in [0.1, 0.15) is 12.4 Å². The first kappa shape index (κ1) is 17.0. The quantitative estimate of drug-likeness (QED) is 0.669. The molecule has 0 spiro atoms. The molecule has 0 radical (unpaired) electrons. The summed E-state index contributed by atoms with van der Waals surface area (Å²) in [6.07, 6.45) is 1.98. The van der Waals surface area contributed by atoms with E-state index in [9.17, 15) is 4.79 Å². The van der Waals surface area contributed by atoms with Crippen LogP contribution in [0.4, 0.5) is 5.69 Å². The van der Waals surface area contributed by atoms with Crippen LogP contribution >= 0.6 is 0 Å². The third-order valence-electron chi connectivity index (χ3n) is 2.22. The number of anilines is 1.